The number of carbonyl (C=O) groups excluding carboxylic acids is 1. The van der Waals surface area contributed by atoms with E-state index in [4.69, 9.17) is 16.0 Å². The normalized spacial score (nSPS) is 16.8. The van der Waals surface area contributed by atoms with Crippen molar-refractivity contribution in [2.75, 3.05) is 0 Å². The molecular weight excluding hydrogens is 461 g/mol. The predicted octanol–water partition coefficient (Wildman–Crippen LogP) is 7.76. The molecule has 0 saturated carbocycles. The average Bonchev–Trinajstić information content (AvgIpc) is 3.31. The molecule has 4 rings (SSSR count). The van der Waals surface area contributed by atoms with E-state index < -0.39 is 11.7 Å². The van der Waals surface area contributed by atoms with Crippen LogP contribution in [0.25, 0.3) is 17.4 Å². The molecule has 0 atom stereocenters. The highest BCUT2D eigenvalue weighted by Gasteiger charge is 2.31. The Morgan fingerprint density at radius 2 is 1.84 bits per heavy atom. The molecule has 0 aliphatic carbocycles. The van der Waals surface area contributed by atoms with Crippen LogP contribution < -0.4 is 5.32 Å². The number of thioether (sulfide) groups is 1. The molecule has 0 radical (unpaired) electrons. The van der Waals surface area contributed by atoms with Crippen LogP contribution in [0, 0.1) is 13.8 Å². The maximum atomic E-state index is 13.1. The molecule has 0 bridgehead atoms. The van der Waals surface area contributed by atoms with Gasteiger partial charge in [0.05, 0.1) is 21.2 Å². The van der Waals surface area contributed by atoms with Crippen LogP contribution in [0.5, 0.6) is 0 Å². The van der Waals surface area contributed by atoms with Crippen molar-refractivity contribution in [2.45, 2.75) is 20.0 Å². The fraction of sp³-hybridized carbons (Fsp3) is 0.130. The summed E-state index contributed by atoms with van der Waals surface area (Å²) >= 11 is 7.05. The number of halogens is 4. The first kappa shape index (κ1) is 22.2. The van der Waals surface area contributed by atoms with Crippen molar-refractivity contribution >= 4 is 46.2 Å². The third kappa shape index (κ3) is 4.76. The number of benzene rings is 2. The van der Waals surface area contributed by atoms with E-state index in [0.29, 0.717) is 22.2 Å². The van der Waals surface area contributed by atoms with Crippen LogP contribution in [0.1, 0.15) is 22.5 Å². The lowest BCUT2D eigenvalue weighted by Gasteiger charge is -2.09. The van der Waals surface area contributed by atoms with Crippen molar-refractivity contribution in [3.05, 3.63) is 80.9 Å². The van der Waals surface area contributed by atoms with Crippen molar-refractivity contribution in [1.29, 1.82) is 0 Å². The van der Waals surface area contributed by atoms with Gasteiger partial charge in [-0.1, -0.05) is 17.7 Å². The first-order chi connectivity index (χ1) is 15.1. The number of hydrogen-bond acceptors (Lipinski definition) is 4. The Morgan fingerprint density at radius 1 is 1.06 bits per heavy atom. The molecule has 9 heteroatoms. The van der Waals surface area contributed by atoms with Crippen LogP contribution in [0.15, 0.2) is 62.8 Å². The van der Waals surface area contributed by atoms with E-state index >= 15 is 0 Å². The van der Waals surface area contributed by atoms with Gasteiger partial charge in [0.25, 0.3) is 5.24 Å². The molecule has 2 aromatic carbocycles. The van der Waals surface area contributed by atoms with E-state index in [0.717, 1.165) is 35.0 Å². The Kier molecular flexibility index (Phi) is 5.92. The smallest absolute Gasteiger partial charge is 0.416 e. The van der Waals surface area contributed by atoms with E-state index in [9.17, 15) is 18.0 Å². The fourth-order valence-corrected chi connectivity index (χ4v) is 3.96. The second-order valence-corrected chi connectivity index (χ2v) is 8.57. The van der Waals surface area contributed by atoms with Gasteiger partial charge in [-0.15, -0.1) is 0 Å². The van der Waals surface area contributed by atoms with Gasteiger partial charge in [-0.3, -0.25) is 4.79 Å². The highest BCUT2D eigenvalue weighted by molar-refractivity contribution is 8.18. The minimum absolute atomic E-state index is 0.128. The lowest BCUT2D eigenvalue weighted by Crippen LogP contribution is -2.18. The van der Waals surface area contributed by atoms with Gasteiger partial charge in [0.1, 0.15) is 17.4 Å². The van der Waals surface area contributed by atoms with Gasteiger partial charge < -0.3 is 9.73 Å². The average molecular weight is 477 g/mol. The molecule has 0 unspecified atom stereocenters. The molecule has 1 amide bonds. The molecule has 1 aliphatic rings. The lowest BCUT2D eigenvalue weighted by molar-refractivity contribution is -0.137. The Bertz CT molecular complexity index is 1280. The van der Waals surface area contributed by atoms with Crippen molar-refractivity contribution in [3.8, 4) is 11.3 Å². The molecule has 1 fully saturated rings. The number of rotatable bonds is 3. The number of alkyl halides is 3. The summed E-state index contributed by atoms with van der Waals surface area (Å²) in [7, 11) is 0. The molecule has 0 spiro atoms. The number of aryl methyl sites for hydroxylation is 2. The Balaban J connectivity index is 1.67. The van der Waals surface area contributed by atoms with Gasteiger partial charge in [0.15, 0.2) is 0 Å². The minimum atomic E-state index is -4.50. The van der Waals surface area contributed by atoms with E-state index in [1.807, 2.05) is 32.0 Å². The van der Waals surface area contributed by atoms with Gasteiger partial charge in [0, 0.05) is 5.56 Å². The quantitative estimate of drug-likeness (QED) is 0.420. The second kappa shape index (κ2) is 8.52. The lowest BCUT2D eigenvalue weighted by atomic mass is 10.1. The molecule has 164 valence electrons. The number of nitrogens with one attached hydrogen (secondary N) is 1. The maximum Gasteiger partial charge on any atom is 0.416 e. The topological polar surface area (TPSA) is 54.6 Å². The largest absolute Gasteiger partial charge is 0.457 e. The third-order valence-corrected chi connectivity index (χ3v) is 6.00. The Hall–Kier alpha value is -2.97. The van der Waals surface area contributed by atoms with Gasteiger partial charge in [0.2, 0.25) is 0 Å². The first-order valence-electron chi connectivity index (χ1n) is 9.44. The van der Waals surface area contributed by atoms with Crippen LogP contribution in [0.4, 0.5) is 23.7 Å². The number of nitrogens with zero attached hydrogens (tertiary/aromatic N) is 1. The summed E-state index contributed by atoms with van der Waals surface area (Å²) in [6, 6.07) is 11.9. The summed E-state index contributed by atoms with van der Waals surface area (Å²) < 4.78 is 44.9. The zero-order valence-electron chi connectivity index (χ0n) is 16.9. The molecule has 1 saturated heterocycles. The molecule has 32 heavy (non-hydrogen) atoms. The van der Waals surface area contributed by atoms with E-state index in [-0.39, 0.29) is 21.6 Å². The molecule has 3 aromatic rings. The van der Waals surface area contributed by atoms with Crippen LogP contribution >= 0.6 is 23.4 Å². The van der Waals surface area contributed by atoms with Crippen LogP contribution in [0.2, 0.25) is 5.02 Å². The maximum absolute atomic E-state index is 13.1. The minimum Gasteiger partial charge on any atom is -0.457 e. The zero-order valence-corrected chi connectivity index (χ0v) is 18.5. The number of furan rings is 1. The van der Waals surface area contributed by atoms with Crippen LogP contribution in [-0.4, -0.2) is 11.1 Å². The Labute approximate surface area is 191 Å². The monoisotopic (exact) mass is 476 g/mol. The van der Waals surface area contributed by atoms with Crippen molar-refractivity contribution in [1.82, 2.24) is 5.32 Å². The highest BCUT2D eigenvalue weighted by atomic mass is 35.5. The molecule has 1 aliphatic heterocycles. The van der Waals surface area contributed by atoms with Crippen LogP contribution in [-0.2, 0) is 6.18 Å². The summed E-state index contributed by atoms with van der Waals surface area (Å²) in [5.74, 6) is 0.904. The summed E-state index contributed by atoms with van der Waals surface area (Å²) in [6.07, 6.45) is -2.89. The Morgan fingerprint density at radius 3 is 2.56 bits per heavy atom. The molecule has 2 heterocycles. The van der Waals surface area contributed by atoms with Gasteiger partial charge in [-0.2, -0.15) is 13.2 Å². The summed E-state index contributed by atoms with van der Waals surface area (Å²) in [4.78, 5) is 17.0. The number of amidine groups is 1. The molecular formula is C23H16ClF3N2O2S. The predicted molar refractivity (Wildman–Crippen MR) is 121 cm³/mol. The van der Waals surface area contributed by atoms with E-state index in [2.05, 4.69) is 10.3 Å². The second-order valence-electron chi connectivity index (χ2n) is 7.15. The van der Waals surface area contributed by atoms with E-state index in [1.54, 1.807) is 12.1 Å². The fourth-order valence-electron chi connectivity index (χ4n) is 3.03. The van der Waals surface area contributed by atoms with Crippen molar-refractivity contribution in [2.24, 2.45) is 4.99 Å². The number of carbonyl (C=O) groups is 1. The third-order valence-electron chi connectivity index (χ3n) is 4.85. The van der Waals surface area contributed by atoms with Gasteiger partial charge >= 0.3 is 6.18 Å². The van der Waals surface area contributed by atoms with Gasteiger partial charge in [-0.05, 0) is 85.3 Å². The summed E-state index contributed by atoms with van der Waals surface area (Å²) in [6.45, 7) is 3.97. The summed E-state index contributed by atoms with van der Waals surface area (Å²) in [5.41, 5.74) is 2.20. The number of aliphatic imine (C=N–C) groups is 1. The van der Waals surface area contributed by atoms with Gasteiger partial charge in [-0.25, -0.2) is 4.99 Å². The standard InChI is InChI=1S/C23H16ClF3N2O2S/c1-12-3-5-15(9-13(12)2)28-21-20(32-22(30)29-21)11-16-6-8-19(31-16)17-10-14(23(25,26)27)4-7-18(17)24/h3-11H,1-2H3,(H,28,29,30). The molecule has 4 nitrogen and oxygen atoms in total. The van der Waals surface area contributed by atoms with E-state index in [1.165, 1.54) is 12.1 Å². The molecule has 1 N–H and O–H groups in total. The first-order valence-corrected chi connectivity index (χ1v) is 10.6. The highest BCUT2D eigenvalue weighted by Crippen LogP contribution is 2.37. The number of amides is 1. The van der Waals surface area contributed by atoms with Crippen molar-refractivity contribution in [3.63, 3.8) is 0 Å². The van der Waals surface area contributed by atoms with Crippen molar-refractivity contribution < 1.29 is 22.4 Å². The SMILES string of the molecule is Cc1ccc(N=C2NC(=O)SC2=Cc2ccc(-c3cc(C(F)(F)F)ccc3Cl)o2)cc1C. The number of hydrogen-bond donors (Lipinski definition) is 1. The summed E-state index contributed by atoms with van der Waals surface area (Å²) in [5, 5.41) is 2.55. The van der Waals surface area contributed by atoms with Crippen LogP contribution in [0.3, 0.4) is 0 Å². The molecule has 1 aromatic heterocycles. The zero-order chi connectivity index (χ0) is 23.0.